The van der Waals surface area contributed by atoms with E-state index in [9.17, 15) is 8.42 Å². The lowest BCUT2D eigenvalue weighted by Crippen LogP contribution is -2.45. The summed E-state index contributed by atoms with van der Waals surface area (Å²) < 4.78 is 48.0. The van der Waals surface area contributed by atoms with Crippen LogP contribution in [0, 0.1) is 13.8 Å². The number of anilines is 1. The quantitative estimate of drug-likeness (QED) is 0.479. The van der Waals surface area contributed by atoms with Crippen LogP contribution >= 0.6 is 0 Å². The van der Waals surface area contributed by atoms with Gasteiger partial charge in [-0.3, -0.25) is 4.31 Å². The molecule has 0 N–H and O–H groups in total. The zero-order chi connectivity index (χ0) is 24.8. The van der Waals surface area contributed by atoms with Gasteiger partial charge in [-0.1, -0.05) is 41.5 Å². The van der Waals surface area contributed by atoms with Crippen molar-refractivity contribution in [1.29, 1.82) is 0 Å². The number of aryl methyl sites for hydroxylation is 2. The van der Waals surface area contributed by atoms with Crippen LogP contribution in [0.2, 0.25) is 0 Å². The van der Waals surface area contributed by atoms with Crippen molar-refractivity contribution in [2.24, 2.45) is 0 Å². The van der Waals surface area contributed by atoms with Crippen LogP contribution in [0.15, 0.2) is 71.6 Å². The molecule has 7 heteroatoms. The normalized spacial score (nSPS) is 21.5. The fourth-order valence-electron chi connectivity index (χ4n) is 4.60. The molecule has 2 atom stereocenters. The summed E-state index contributed by atoms with van der Waals surface area (Å²) in [5.74, 6) is -0.169. The largest absolute Gasteiger partial charge is 0.493 e. The van der Waals surface area contributed by atoms with Gasteiger partial charge in [0.25, 0.3) is 15.8 Å². The number of nitrogens with zero attached hydrogens (tertiary/aromatic N) is 1. The lowest BCUT2D eigenvalue weighted by atomic mass is 9.95. The van der Waals surface area contributed by atoms with E-state index in [0.29, 0.717) is 29.2 Å². The molecule has 3 aromatic rings. The highest BCUT2D eigenvalue weighted by Crippen LogP contribution is 2.47. The molecule has 1 spiro atoms. The van der Waals surface area contributed by atoms with Crippen LogP contribution in [0.3, 0.4) is 0 Å². The average molecular weight is 492 g/mol. The second-order valence-electron chi connectivity index (χ2n) is 9.11. The monoisotopic (exact) mass is 491 g/mol. The smallest absolute Gasteiger partial charge is 0.264 e. The molecule has 2 aliphatic rings. The van der Waals surface area contributed by atoms with Gasteiger partial charge in [-0.15, -0.1) is 0 Å². The first-order valence-corrected chi connectivity index (χ1v) is 13.1. The topological polar surface area (TPSA) is 65.1 Å². The van der Waals surface area contributed by atoms with Gasteiger partial charge in [0.1, 0.15) is 0 Å². The summed E-state index contributed by atoms with van der Waals surface area (Å²) in [7, 11) is -2.23. The van der Waals surface area contributed by atoms with Crippen molar-refractivity contribution in [1.82, 2.24) is 0 Å². The molecule has 3 aromatic carbocycles. The highest BCUT2D eigenvalue weighted by molar-refractivity contribution is 7.92. The van der Waals surface area contributed by atoms with E-state index in [-0.39, 0.29) is 17.5 Å². The molecule has 182 valence electrons. The first kappa shape index (κ1) is 23.5. The standard InChI is InChI=1S/C28H29NO5S/c1-19-8-11-23(12-9-19)35(30,31)29-17-15-21(3)33-28(24-18-20(2)10-13-25(24)29)16-14-22-6-5-7-26(32-4)27(22)34-28/h5-14,16,18,21H,15,17H2,1-4H3/t21-,28-/m0/s1. The van der Waals surface area contributed by atoms with E-state index < -0.39 is 15.8 Å². The Labute approximate surface area is 206 Å². The van der Waals surface area contributed by atoms with E-state index in [2.05, 4.69) is 0 Å². The molecule has 0 amide bonds. The summed E-state index contributed by atoms with van der Waals surface area (Å²) in [6, 6.07) is 18.3. The number of hydrogen-bond donors (Lipinski definition) is 0. The minimum atomic E-state index is -3.82. The molecule has 0 saturated heterocycles. The van der Waals surface area contributed by atoms with Crippen molar-refractivity contribution >= 4 is 21.8 Å². The molecule has 0 saturated carbocycles. The fraction of sp³-hybridized carbons (Fsp3) is 0.286. The molecule has 0 aromatic heterocycles. The van der Waals surface area contributed by atoms with Crippen LogP contribution in [0.4, 0.5) is 5.69 Å². The number of ether oxygens (including phenoxy) is 3. The van der Waals surface area contributed by atoms with Crippen LogP contribution in [0.25, 0.3) is 6.08 Å². The summed E-state index contributed by atoms with van der Waals surface area (Å²) >= 11 is 0. The van der Waals surface area contributed by atoms with Gasteiger partial charge in [-0.25, -0.2) is 8.42 Å². The molecule has 2 heterocycles. The van der Waals surface area contributed by atoms with Crippen molar-refractivity contribution in [3.05, 3.63) is 89.0 Å². The van der Waals surface area contributed by atoms with E-state index in [1.807, 2.05) is 81.5 Å². The third kappa shape index (κ3) is 4.09. The van der Waals surface area contributed by atoms with Gasteiger partial charge in [-0.2, -0.15) is 0 Å². The molecular weight excluding hydrogens is 462 g/mol. The number of hydrogen-bond acceptors (Lipinski definition) is 5. The van der Waals surface area contributed by atoms with Gasteiger partial charge in [-0.05, 0) is 69.7 Å². The van der Waals surface area contributed by atoms with Crippen molar-refractivity contribution in [2.45, 2.75) is 44.0 Å². The number of benzene rings is 3. The van der Waals surface area contributed by atoms with E-state index in [1.165, 1.54) is 4.31 Å². The van der Waals surface area contributed by atoms with Crippen molar-refractivity contribution < 1.29 is 22.6 Å². The van der Waals surface area contributed by atoms with E-state index in [1.54, 1.807) is 19.2 Å². The lowest BCUT2D eigenvalue weighted by Gasteiger charge is -2.42. The predicted molar refractivity (Wildman–Crippen MR) is 136 cm³/mol. The highest BCUT2D eigenvalue weighted by atomic mass is 32.2. The molecule has 0 radical (unpaired) electrons. The first-order chi connectivity index (χ1) is 16.7. The summed E-state index contributed by atoms with van der Waals surface area (Å²) in [5.41, 5.74) is 4.00. The van der Waals surface area contributed by atoms with Crippen molar-refractivity contribution in [2.75, 3.05) is 18.0 Å². The third-order valence-electron chi connectivity index (χ3n) is 6.49. The molecule has 6 nitrogen and oxygen atoms in total. The number of rotatable bonds is 3. The van der Waals surface area contributed by atoms with Crippen molar-refractivity contribution in [3.8, 4) is 11.5 Å². The zero-order valence-corrected chi connectivity index (χ0v) is 21.1. The van der Waals surface area contributed by atoms with Gasteiger partial charge in [0.05, 0.1) is 29.4 Å². The second kappa shape index (κ2) is 8.73. The van der Waals surface area contributed by atoms with E-state index in [4.69, 9.17) is 14.2 Å². The molecule has 0 unspecified atom stereocenters. The minimum absolute atomic E-state index is 0.255. The number of sulfonamides is 1. The Morgan fingerprint density at radius 1 is 1.03 bits per heavy atom. The summed E-state index contributed by atoms with van der Waals surface area (Å²) in [4.78, 5) is 0.255. The summed E-state index contributed by atoms with van der Waals surface area (Å²) in [6.07, 6.45) is 4.03. The van der Waals surface area contributed by atoms with Crippen LogP contribution in [-0.2, 0) is 20.5 Å². The summed E-state index contributed by atoms with van der Waals surface area (Å²) in [5, 5.41) is 0. The van der Waals surface area contributed by atoms with Crippen LogP contribution < -0.4 is 13.8 Å². The van der Waals surface area contributed by atoms with Gasteiger partial charge in [0.15, 0.2) is 11.5 Å². The lowest BCUT2D eigenvalue weighted by molar-refractivity contribution is -0.185. The summed E-state index contributed by atoms with van der Waals surface area (Å²) in [6.45, 7) is 6.13. The Kier molecular flexibility index (Phi) is 5.85. The molecule has 0 aliphatic carbocycles. The van der Waals surface area contributed by atoms with Crippen molar-refractivity contribution in [3.63, 3.8) is 0 Å². The maximum atomic E-state index is 13.9. The Morgan fingerprint density at radius 2 is 1.77 bits per heavy atom. The maximum absolute atomic E-state index is 13.9. The second-order valence-corrected chi connectivity index (χ2v) is 11.0. The van der Waals surface area contributed by atoms with Gasteiger partial charge in [0.2, 0.25) is 0 Å². The Hall–Kier alpha value is -3.29. The Bertz CT molecular complexity index is 1400. The SMILES string of the molecule is COc1cccc2c1O[C@]1(C=C2)O[C@@H](C)CCN(S(=O)(=O)c2ccc(C)cc2)c2ccc(C)cc21. The van der Waals surface area contributed by atoms with Crippen LogP contribution in [-0.4, -0.2) is 28.2 Å². The van der Waals surface area contributed by atoms with Crippen LogP contribution in [0.1, 0.15) is 35.6 Å². The van der Waals surface area contributed by atoms with Gasteiger partial charge in [0, 0.05) is 12.1 Å². The molecule has 0 bridgehead atoms. The number of fused-ring (bicyclic) bond motifs is 3. The first-order valence-electron chi connectivity index (χ1n) is 11.7. The predicted octanol–water partition coefficient (Wildman–Crippen LogP) is 5.57. The van der Waals surface area contributed by atoms with E-state index >= 15 is 0 Å². The molecule has 0 fully saturated rings. The van der Waals surface area contributed by atoms with Crippen LogP contribution in [0.5, 0.6) is 11.5 Å². The maximum Gasteiger partial charge on any atom is 0.264 e. The number of para-hydroxylation sites is 1. The molecule has 2 aliphatic heterocycles. The fourth-order valence-corrected chi connectivity index (χ4v) is 6.10. The third-order valence-corrected chi connectivity index (χ3v) is 8.31. The van der Waals surface area contributed by atoms with E-state index in [0.717, 1.165) is 16.7 Å². The highest BCUT2D eigenvalue weighted by Gasteiger charge is 2.44. The minimum Gasteiger partial charge on any atom is -0.493 e. The molecule has 5 rings (SSSR count). The van der Waals surface area contributed by atoms with Gasteiger partial charge >= 0.3 is 0 Å². The van der Waals surface area contributed by atoms with Gasteiger partial charge < -0.3 is 14.2 Å². The average Bonchev–Trinajstić information content (AvgIpc) is 2.83. The Balaban J connectivity index is 1.71. The number of methoxy groups -OCH3 is 1. The molecule has 35 heavy (non-hydrogen) atoms. The Morgan fingerprint density at radius 3 is 2.51 bits per heavy atom. The molecular formula is C28H29NO5S. The zero-order valence-electron chi connectivity index (χ0n) is 20.3.